The van der Waals surface area contributed by atoms with E-state index in [1.165, 1.54) is 0 Å². The van der Waals surface area contributed by atoms with E-state index in [9.17, 15) is 4.79 Å². The molecule has 120 valence electrons. The van der Waals surface area contributed by atoms with Gasteiger partial charge in [-0.15, -0.1) is 12.4 Å². The molecule has 1 aromatic carbocycles. The van der Waals surface area contributed by atoms with Crippen LogP contribution in [0.3, 0.4) is 0 Å². The third-order valence-electron chi connectivity index (χ3n) is 2.96. The van der Waals surface area contributed by atoms with E-state index >= 15 is 0 Å². The van der Waals surface area contributed by atoms with Gasteiger partial charge in [0, 0.05) is 19.5 Å². The molecule has 0 saturated carbocycles. The number of carbonyl (C=O) groups excluding carboxylic acids is 1. The summed E-state index contributed by atoms with van der Waals surface area (Å²) in [6.07, 6.45) is 1.16. The Hall–Kier alpha value is -1.46. The molecule has 21 heavy (non-hydrogen) atoms. The number of benzene rings is 1. The van der Waals surface area contributed by atoms with Crippen LogP contribution < -0.4 is 20.1 Å². The van der Waals surface area contributed by atoms with Gasteiger partial charge in [0.25, 0.3) is 0 Å². The van der Waals surface area contributed by atoms with Gasteiger partial charge in [-0.1, -0.05) is 13.0 Å². The minimum atomic E-state index is 0. The first-order valence-corrected chi connectivity index (χ1v) is 6.89. The molecule has 0 spiro atoms. The van der Waals surface area contributed by atoms with Gasteiger partial charge in [-0.05, 0) is 30.7 Å². The SMILES string of the molecule is CCNCCNC(=O)CCc1ccc(OC)c(OC)c1.Cl. The van der Waals surface area contributed by atoms with Crippen molar-refractivity contribution >= 4 is 18.3 Å². The average molecular weight is 317 g/mol. The number of ether oxygens (including phenoxy) is 2. The second-order valence-corrected chi connectivity index (χ2v) is 4.39. The van der Waals surface area contributed by atoms with E-state index in [1.807, 2.05) is 25.1 Å². The van der Waals surface area contributed by atoms with Crippen LogP contribution in [0.2, 0.25) is 0 Å². The molecule has 0 aromatic heterocycles. The zero-order chi connectivity index (χ0) is 14.8. The van der Waals surface area contributed by atoms with Crippen LogP contribution in [0.4, 0.5) is 0 Å². The van der Waals surface area contributed by atoms with Crippen LogP contribution in [-0.2, 0) is 11.2 Å². The number of methoxy groups -OCH3 is 2. The highest BCUT2D eigenvalue weighted by Crippen LogP contribution is 2.27. The number of hydrogen-bond acceptors (Lipinski definition) is 4. The molecule has 0 aliphatic carbocycles. The Kier molecular flexibility index (Phi) is 10.4. The monoisotopic (exact) mass is 316 g/mol. The quantitative estimate of drug-likeness (QED) is 0.682. The molecule has 0 unspecified atom stereocenters. The van der Waals surface area contributed by atoms with Gasteiger partial charge in [0.1, 0.15) is 0 Å². The number of nitrogens with one attached hydrogen (secondary N) is 2. The van der Waals surface area contributed by atoms with E-state index < -0.39 is 0 Å². The van der Waals surface area contributed by atoms with Gasteiger partial charge in [-0.3, -0.25) is 4.79 Å². The highest BCUT2D eigenvalue weighted by molar-refractivity contribution is 5.85. The summed E-state index contributed by atoms with van der Waals surface area (Å²) in [5.74, 6) is 1.46. The summed E-state index contributed by atoms with van der Waals surface area (Å²) in [6.45, 7) is 4.43. The highest BCUT2D eigenvalue weighted by Gasteiger charge is 2.06. The Morgan fingerprint density at radius 1 is 1.14 bits per heavy atom. The van der Waals surface area contributed by atoms with Gasteiger partial charge in [-0.2, -0.15) is 0 Å². The molecular formula is C15H25ClN2O3. The molecule has 2 N–H and O–H groups in total. The molecule has 1 amide bonds. The third-order valence-corrected chi connectivity index (χ3v) is 2.96. The van der Waals surface area contributed by atoms with Crippen molar-refractivity contribution < 1.29 is 14.3 Å². The van der Waals surface area contributed by atoms with Crippen molar-refractivity contribution in [2.24, 2.45) is 0 Å². The maximum atomic E-state index is 11.7. The van der Waals surface area contributed by atoms with Gasteiger partial charge < -0.3 is 20.1 Å². The molecule has 5 nitrogen and oxygen atoms in total. The zero-order valence-corrected chi connectivity index (χ0v) is 13.7. The minimum Gasteiger partial charge on any atom is -0.493 e. The molecule has 6 heteroatoms. The number of amides is 1. The molecule has 1 aromatic rings. The molecule has 0 atom stereocenters. The number of carbonyl (C=O) groups is 1. The largest absolute Gasteiger partial charge is 0.493 e. The van der Waals surface area contributed by atoms with E-state index in [2.05, 4.69) is 10.6 Å². The molecule has 0 heterocycles. The average Bonchev–Trinajstić information content (AvgIpc) is 2.49. The van der Waals surface area contributed by atoms with Crippen LogP contribution in [0.25, 0.3) is 0 Å². The maximum Gasteiger partial charge on any atom is 0.220 e. The minimum absolute atomic E-state index is 0. The lowest BCUT2D eigenvalue weighted by molar-refractivity contribution is -0.121. The van der Waals surface area contributed by atoms with Crippen molar-refractivity contribution in [3.05, 3.63) is 23.8 Å². The van der Waals surface area contributed by atoms with E-state index in [4.69, 9.17) is 9.47 Å². The molecule has 0 aliphatic heterocycles. The molecule has 0 bridgehead atoms. The standard InChI is InChI=1S/C15H24N2O3.ClH/c1-4-16-9-10-17-15(18)8-6-12-5-7-13(19-2)14(11-12)20-3;/h5,7,11,16H,4,6,8-10H2,1-3H3,(H,17,18);1H. The Morgan fingerprint density at radius 3 is 2.48 bits per heavy atom. The van der Waals surface area contributed by atoms with Gasteiger partial charge >= 0.3 is 0 Å². The van der Waals surface area contributed by atoms with E-state index in [-0.39, 0.29) is 18.3 Å². The molecule has 0 aliphatic rings. The van der Waals surface area contributed by atoms with E-state index in [0.717, 1.165) is 18.7 Å². The Morgan fingerprint density at radius 2 is 1.86 bits per heavy atom. The van der Waals surface area contributed by atoms with Crippen LogP contribution in [-0.4, -0.2) is 39.8 Å². The molecular weight excluding hydrogens is 292 g/mol. The molecule has 0 saturated heterocycles. The third kappa shape index (κ3) is 7.20. The first-order chi connectivity index (χ1) is 9.71. The fourth-order valence-electron chi connectivity index (χ4n) is 1.85. The predicted molar refractivity (Wildman–Crippen MR) is 86.7 cm³/mol. The van der Waals surface area contributed by atoms with Crippen LogP contribution >= 0.6 is 12.4 Å². The lowest BCUT2D eigenvalue weighted by Crippen LogP contribution is -2.31. The second-order valence-electron chi connectivity index (χ2n) is 4.39. The van der Waals surface area contributed by atoms with Crippen LogP contribution in [0.1, 0.15) is 18.9 Å². The summed E-state index contributed by atoms with van der Waals surface area (Å²) in [4.78, 5) is 11.7. The summed E-state index contributed by atoms with van der Waals surface area (Å²) in [6, 6.07) is 5.72. The molecule has 1 rings (SSSR count). The summed E-state index contributed by atoms with van der Waals surface area (Å²) in [5.41, 5.74) is 1.06. The Labute approximate surface area is 132 Å². The highest BCUT2D eigenvalue weighted by atomic mass is 35.5. The van der Waals surface area contributed by atoms with Crippen LogP contribution in [0, 0.1) is 0 Å². The number of halogens is 1. The fraction of sp³-hybridized carbons (Fsp3) is 0.533. The molecule has 0 fully saturated rings. The number of aryl methyl sites for hydroxylation is 1. The lowest BCUT2D eigenvalue weighted by Gasteiger charge is -2.10. The van der Waals surface area contributed by atoms with Gasteiger partial charge in [0.15, 0.2) is 11.5 Å². The number of rotatable bonds is 9. The van der Waals surface area contributed by atoms with Crippen molar-refractivity contribution in [1.29, 1.82) is 0 Å². The zero-order valence-electron chi connectivity index (χ0n) is 12.9. The number of hydrogen-bond donors (Lipinski definition) is 2. The van der Waals surface area contributed by atoms with E-state index in [0.29, 0.717) is 30.9 Å². The van der Waals surface area contributed by atoms with Crippen molar-refractivity contribution in [2.45, 2.75) is 19.8 Å². The fourth-order valence-corrected chi connectivity index (χ4v) is 1.85. The topological polar surface area (TPSA) is 59.6 Å². The predicted octanol–water partition coefficient (Wildman–Crippen LogP) is 1.78. The van der Waals surface area contributed by atoms with Crippen molar-refractivity contribution in [1.82, 2.24) is 10.6 Å². The summed E-state index contributed by atoms with van der Waals surface area (Å²) < 4.78 is 10.4. The van der Waals surface area contributed by atoms with Gasteiger partial charge in [0.05, 0.1) is 14.2 Å². The molecule has 0 radical (unpaired) electrons. The van der Waals surface area contributed by atoms with Crippen LogP contribution in [0.5, 0.6) is 11.5 Å². The van der Waals surface area contributed by atoms with Crippen molar-refractivity contribution in [3.8, 4) is 11.5 Å². The van der Waals surface area contributed by atoms with Gasteiger partial charge in [0.2, 0.25) is 5.91 Å². The maximum absolute atomic E-state index is 11.7. The van der Waals surface area contributed by atoms with Gasteiger partial charge in [-0.25, -0.2) is 0 Å². The van der Waals surface area contributed by atoms with Crippen LogP contribution in [0.15, 0.2) is 18.2 Å². The lowest BCUT2D eigenvalue weighted by atomic mass is 10.1. The first kappa shape index (κ1) is 19.5. The second kappa shape index (κ2) is 11.2. The van der Waals surface area contributed by atoms with Crippen molar-refractivity contribution in [3.63, 3.8) is 0 Å². The first-order valence-electron chi connectivity index (χ1n) is 6.89. The number of likely N-dealkylation sites (N-methyl/N-ethyl adjacent to an activating group) is 1. The summed E-state index contributed by atoms with van der Waals surface area (Å²) in [5, 5.41) is 6.04. The Balaban J connectivity index is 0.00000400. The van der Waals surface area contributed by atoms with E-state index in [1.54, 1.807) is 14.2 Å². The smallest absolute Gasteiger partial charge is 0.220 e. The normalized spacial score (nSPS) is 9.67. The summed E-state index contributed by atoms with van der Waals surface area (Å²) in [7, 11) is 3.21. The Bertz CT molecular complexity index is 427. The summed E-state index contributed by atoms with van der Waals surface area (Å²) >= 11 is 0. The van der Waals surface area contributed by atoms with Crippen molar-refractivity contribution in [2.75, 3.05) is 33.9 Å².